The standard InChI is InChI=1S/C13H18N2O2/c1-10-7-8-15(9-12(10)14)17-13(16)11-5-3-2-4-6-11/h2-6,10,12H,7-9,14H2,1H3. The van der Waals surface area contributed by atoms with Gasteiger partial charge in [-0.05, 0) is 24.5 Å². The van der Waals surface area contributed by atoms with Crippen molar-refractivity contribution in [1.29, 1.82) is 0 Å². The van der Waals surface area contributed by atoms with Crippen molar-refractivity contribution in [2.75, 3.05) is 13.1 Å². The highest BCUT2D eigenvalue weighted by Gasteiger charge is 2.25. The Bertz CT molecular complexity index is 380. The summed E-state index contributed by atoms with van der Waals surface area (Å²) in [5, 5.41) is 1.67. The van der Waals surface area contributed by atoms with E-state index in [-0.39, 0.29) is 12.0 Å². The fraction of sp³-hybridized carbons (Fsp3) is 0.462. The van der Waals surface area contributed by atoms with Gasteiger partial charge in [-0.25, -0.2) is 4.79 Å². The third kappa shape index (κ3) is 3.05. The van der Waals surface area contributed by atoms with Crippen LogP contribution >= 0.6 is 0 Å². The average molecular weight is 234 g/mol. The second-order valence-corrected chi connectivity index (χ2v) is 4.56. The first-order valence-electron chi connectivity index (χ1n) is 5.94. The van der Waals surface area contributed by atoms with Gasteiger partial charge in [0.15, 0.2) is 0 Å². The van der Waals surface area contributed by atoms with Crippen molar-refractivity contribution in [3.05, 3.63) is 35.9 Å². The summed E-state index contributed by atoms with van der Waals surface area (Å²) in [5.74, 6) is 0.175. The van der Waals surface area contributed by atoms with E-state index in [1.165, 1.54) is 0 Å². The highest BCUT2D eigenvalue weighted by molar-refractivity contribution is 5.89. The number of hydroxylamine groups is 2. The molecule has 1 aliphatic rings. The molecule has 17 heavy (non-hydrogen) atoms. The number of hydrogen-bond acceptors (Lipinski definition) is 4. The Morgan fingerprint density at radius 1 is 1.41 bits per heavy atom. The Morgan fingerprint density at radius 2 is 2.12 bits per heavy atom. The van der Waals surface area contributed by atoms with Crippen LogP contribution in [0.25, 0.3) is 0 Å². The van der Waals surface area contributed by atoms with Crippen molar-refractivity contribution < 1.29 is 9.63 Å². The van der Waals surface area contributed by atoms with E-state index in [0.717, 1.165) is 13.0 Å². The second-order valence-electron chi connectivity index (χ2n) is 4.56. The Hall–Kier alpha value is -1.39. The van der Waals surface area contributed by atoms with E-state index in [4.69, 9.17) is 10.6 Å². The van der Waals surface area contributed by atoms with Crippen LogP contribution in [0.4, 0.5) is 0 Å². The normalized spacial score (nSPS) is 25.5. The number of nitrogens with two attached hydrogens (primary N) is 1. The van der Waals surface area contributed by atoms with Crippen molar-refractivity contribution in [1.82, 2.24) is 5.06 Å². The molecule has 2 N–H and O–H groups in total. The Labute approximate surface area is 101 Å². The van der Waals surface area contributed by atoms with Gasteiger partial charge in [0.25, 0.3) is 0 Å². The van der Waals surface area contributed by atoms with Gasteiger partial charge in [-0.15, -0.1) is 5.06 Å². The maximum Gasteiger partial charge on any atom is 0.357 e. The number of rotatable bonds is 2. The van der Waals surface area contributed by atoms with Crippen LogP contribution in [0.5, 0.6) is 0 Å². The van der Waals surface area contributed by atoms with Gasteiger partial charge < -0.3 is 10.6 Å². The van der Waals surface area contributed by atoms with E-state index in [9.17, 15) is 4.79 Å². The highest BCUT2D eigenvalue weighted by Crippen LogP contribution is 2.16. The van der Waals surface area contributed by atoms with Crippen LogP contribution < -0.4 is 5.73 Å². The Kier molecular flexibility index (Phi) is 3.76. The lowest BCUT2D eigenvalue weighted by Crippen LogP contribution is -2.48. The van der Waals surface area contributed by atoms with E-state index in [1.807, 2.05) is 18.2 Å². The molecule has 0 bridgehead atoms. The number of carbonyl (C=O) groups excluding carboxylic acids is 1. The van der Waals surface area contributed by atoms with Crippen LogP contribution in [0.3, 0.4) is 0 Å². The number of benzene rings is 1. The van der Waals surface area contributed by atoms with Crippen molar-refractivity contribution in [3.8, 4) is 0 Å². The quantitative estimate of drug-likeness (QED) is 0.841. The van der Waals surface area contributed by atoms with Gasteiger partial charge in [-0.2, -0.15) is 0 Å². The molecule has 0 spiro atoms. The molecule has 1 fully saturated rings. The molecule has 1 aromatic carbocycles. The molecule has 0 aliphatic carbocycles. The third-order valence-electron chi connectivity index (χ3n) is 3.20. The first kappa shape index (κ1) is 12.1. The molecule has 2 atom stereocenters. The summed E-state index contributed by atoms with van der Waals surface area (Å²) < 4.78 is 0. The van der Waals surface area contributed by atoms with Crippen molar-refractivity contribution in [2.24, 2.45) is 11.7 Å². The fourth-order valence-electron chi connectivity index (χ4n) is 1.90. The Balaban J connectivity index is 1.92. The van der Waals surface area contributed by atoms with Gasteiger partial charge >= 0.3 is 5.97 Å². The molecule has 1 aliphatic heterocycles. The maximum atomic E-state index is 11.8. The Morgan fingerprint density at radius 3 is 2.76 bits per heavy atom. The molecular weight excluding hydrogens is 216 g/mol. The first-order valence-corrected chi connectivity index (χ1v) is 5.94. The largest absolute Gasteiger partial charge is 0.364 e. The number of carbonyl (C=O) groups is 1. The third-order valence-corrected chi connectivity index (χ3v) is 3.20. The van der Waals surface area contributed by atoms with E-state index in [0.29, 0.717) is 18.0 Å². The van der Waals surface area contributed by atoms with Gasteiger partial charge in [-0.1, -0.05) is 25.1 Å². The maximum absolute atomic E-state index is 11.8. The lowest BCUT2D eigenvalue weighted by atomic mass is 9.96. The lowest BCUT2D eigenvalue weighted by molar-refractivity contribution is -0.129. The zero-order chi connectivity index (χ0) is 12.3. The molecule has 1 aromatic rings. The number of hydrogen-bond donors (Lipinski definition) is 1. The molecule has 4 nitrogen and oxygen atoms in total. The van der Waals surface area contributed by atoms with Gasteiger partial charge in [-0.3, -0.25) is 0 Å². The summed E-state index contributed by atoms with van der Waals surface area (Å²) in [6.07, 6.45) is 0.962. The van der Waals surface area contributed by atoms with Gasteiger partial charge in [0, 0.05) is 12.6 Å². The monoisotopic (exact) mass is 234 g/mol. The number of nitrogens with zero attached hydrogens (tertiary/aromatic N) is 1. The fourth-order valence-corrected chi connectivity index (χ4v) is 1.90. The minimum atomic E-state index is -0.313. The molecule has 0 saturated carbocycles. The molecule has 0 aromatic heterocycles. The molecule has 2 rings (SSSR count). The van der Waals surface area contributed by atoms with Gasteiger partial charge in [0.1, 0.15) is 0 Å². The molecule has 1 saturated heterocycles. The SMILES string of the molecule is CC1CCN(OC(=O)c2ccccc2)CC1N. The summed E-state index contributed by atoms with van der Waals surface area (Å²) >= 11 is 0. The topological polar surface area (TPSA) is 55.6 Å². The predicted molar refractivity (Wildman–Crippen MR) is 65.2 cm³/mol. The van der Waals surface area contributed by atoms with Crippen LogP contribution in [0, 0.1) is 5.92 Å². The molecule has 0 radical (unpaired) electrons. The molecular formula is C13H18N2O2. The van der Waals surface area contributed by atoms with Crippen LogP contribution in [0.1, 0.15) is 23.7 Å². The van der Waals surface area contributed by atoms with E-state index >= 15 is 0 Å². The molecule has 1 heterocycles. The minimum Gasteiger partial charge on any atom is -0.364 e. The van der Waals surface area contributed by atoms with E-state index in [2.05, 4.69) is 6.92 Å². The molecule has 92 valence electrons. The average Bonchev–Trinajstić information content (AvgIpc) is 2.35. The highest BCUT2D eigenvalue weighted by atomic mass is 16.7. The summed E-state index contributed by atoms with van der Waals surface area (Å²) in [6.45, 7) is 3.49. The molecule has 4 heteroatoms. The zero-order valence-electron chi connectivity index (χ0n) is 10.0. The summed E-state index contributed by atoms with van der Waals surface area (Å²) in [4.78, 5) is 17.1. The summed E-state index contributed by atoms with van der Waals surface area (Å²) in [7, 11) is 0. The minimum absolute atomic E-state index is 0.0762. The first-order chi connectivity index (χ1) is 8.16. The van der Waals surface area contributed by atoms with Gasteiger partial charge in [0.05, 0.1) is 12.1 Å². The van der Waals surface area contributed by atoms with Crippen LogP contribution in [0.15, 0.2) is 30.3 Å². The predicted octanol–water partition coefficient (Wildman–Crippen LogP) is 1.43. The molecule has 2 unspecified atom stereocenters. The van der Waals surface area contributed by atoms with Crippen molar-refractivity contribution >= 4 is 5.97 Å². The van der Waals surface area contributed by atoms with Crippen molar-refractivity contribution in [3.63, 3.8) is 0 Å². The summed E-state index contributed by atoms with van der Waals surface area (Å²) in [5.41, 5.74) is 6.52. The smallest absolute Gasteiger partial charge is 0.357 e. The lowest BCUT2D eigenvalue weighted by Gasteiger charge is -2.33. The molecule has 0 amide bonds. The summed E-state index contributed by atoms with van der Waals surface area (Å²) in [6, 6.07) is 9.08. The van der Waals surface area contributed by atoms with Crippen LogP contribution in [-0.4, -0.2) is 30.2 Å². The zero-order valence-corrected chi connectivity index (χ0v) is 10.0. The number of piperidine rings is 1. The van der Waals surface area contributed by atoms with Crippen LogP contribution in [0.2, 0.25) is 0 Å². The van der Waals surface area contributed by atoms with Gasteiger partial charge in [0.2, 0.25) is 0 Å². The van der Waals surface area contributed by atoms with Crippen LogP contribution in [-0.2, 0) is 4.84 Å². The van der Waals surface area contributed by atoms with E-state index < -0.39 is 0 Å². The van der Waals surface area contributed by atoms with E-state index in [1.54, 1.807) is 17.2 Å². The second kappa shape index (κ2) is 5.29. The van der Waals surface area contributed by atoms with Crippen molar-refractivity contribution in [2.45, 2.75) is 19.4 Å².